The predicted molar refractivity (Wildman–Crippen MR) is 90.1 cm³/mol. The van der Waals surface area contributed by atoms with Crippen LogP contribution in [0.3, 0.4) is 0 Å². The first kappa shape index (κ1) is 14.2. The molecule has 2 nitrogen and oxygen atoms in total. The topological polar surface area (TPSA) is 27.8 Å². The number of H-pyrrole nitrogens is 1. The molecule has 0 saturated heterocycles. The van der Waals surface area contributed by atoms with E-state index in [1.165, 1.54) is 16.5 Å². The van der Waals surface area contributed by atoms with E-state index < -0.39 is 0 Å². The highest BCUT2D eigenvalue weighted by Gasteiger charge is 2.17. The van der Waals surface area contributed by atoms with Crippen LogP contribution in [0, 0.1) is 0 Å². The summed E-state index contributed by atoms with van der Waals surface area (Å²) in [5, 5.41) is 5.25. The van der Waals surface area contributed by atoms with Crippen LogP contribution >= 0.6 is 11.6 Å². The van der Waals surface area contributed by atoms with E-state index >= 15 is 0 Å². The number of nitrogens with one attached hydrogen (secondary N) is 2. The largest absolute Gasteiger partial charge is 0.361 e. The zero-order valence-corrected chi connectivity index (χ0v) is 12.8. The summed E-state index contributed by atoms with van der Waals surface area (Å²) in [6.07, 6.45) is 3.17. The van der Waals surface area contributed by atoms with Gasteiger partial charge in [0, 0.05) is 28.0 Å². The van der Waals surface area contributed by atoms with E-state index in [1.54, 1.807) is 0 Å². The number of hydrogen-bond donors (Lipinski definition) is 2. The maximum atomic E-state index is 6.18. The van der Waals surface area contributed by atoms with Gasteiger partial charge in [-0.25, -0.2) is 0 Å². The number of fused-ring (bicyclic) bond motifs is 1. The van der Waals surface area contributed by atoms with E-state index in [9.17, 15) is 0 Å². The second-order valence-corrected chi connectivity index (χ2v) is 5.73. The Morgan fingerprint density at radius 2 is 1.95 bits per heavy atom. The van der Waals surface area contributed by atoms with E-state index in [2.05, 4.69) is 52.9 Å². The molecule has 3 aromatic rings. The van der Waals surface area contributed by atoms with Crippen LogP contribution in [0.4, 0.5) is 0 Å². The van der Waals surface area contributed by atoms with Crippen molar-refractivity contribution >= 4 is 22.5 Å². The van der Waals surface area contributed by atoms with Gasteiger partial charge in [-0.3, -0.25) is 0 Å². The Morgan fingerprint density at radius 3 is 2.71 bits per heavy atom. The third kappa shape index (κ3) is 2.97. The lowest BCUT2D eigenvalue weighted by atomic mass is 9.88. The van der Waals surface area contributed by atoms with Crippen molar-refractivity contribution in [2.45, 2.75) is 12.3 Å². The zero-order chi connectivity index (χ0) is 14.7. The lowest BCUT2D eigenvalue weighted by molar-refractivity contribution is 0.664. The Hall–Kier alpha value is -1.77. The van der Waals surface area contributed by atoms with Gasteiger partial charge in [-0.2, -0.15) is 0 Å². The Kier molecular flexibility index (Phi) is 4.28. The molecule has 0 aliphatic carbocycles. The molecule has 1 heterocycles. The Morgan fingerprint density at radius 1 is 1.14 bits per heavy atom. The SMILES string of the molecule is CNCCC(c1ccccc1)c1c[nH]c2ccc(Cl)cc12. The van der Waals surface area contributed by atoms with Gasteiger partial charge in [0.2, 0.25) is 0 Å². The van der Waals surface area contributed by atoms with Crippen molar-refractivity contribution in [3.63, 3.8) is 0 Å². The van der Waals surface area contributed by atoms with Gasteiger partial charge >= 0.3 is 0 Å². The highest BCUT2D eigenvalue weighted by atomic mass is 35.5. The molecule has 0 aliphatic rings. The van der Waals surface area contributed by atoms with Crippen LogP contribution in [0.5, 0.6) is 0 Å². The van der Waals surface area contributed by atoms with Gasteiger partial charge in [0.1, 0.15) is 0 Å². The molecule has 2 aromatic carbocycles. The maximum absolute atomic E-state index is 6.18. The fourth-order valence-electron chi connectivity index (χ4n) is 2.88. The summed E-state index contributed by atoms with van der Waals surface area (Å²) in [5.41, 5.74) is 3.79. The molecule has 0 saturated carbocycles. The first-order valence-electron chi connectivity index (χ1n) is 7.25. The van der Waals surface area contributed by atoms with Crippen molar-refractivity contribution in [1.82, 2.24) is 10.3 Å². The van der Waals surface area contributed by atoms with Gasteiger partial charge in [-0.1, -0.05) is 41.9 Å². The van der Waals surface area contributed by atoms with E-state index in [0.29, 0.717) is 5.92 Å². The summed E-state index contributed by atoms with van der Waals surface area (Å²) in [6.45, 7) is 0.979. The Balaban J connectivity index is 2.07. The highest BCUT2D eigenvalue weighted by molar-refractivity contribution is 6.31. The molecule has 0 amide bonds. The number of hydrogen-bond acceptors (Lipinski definition) is 1. The summed E-state index contributed by atoms with van der Waals surface area (Å²) in [7, 11) is 1.99. The quantitative estimate of drug-likeness (QED) is 0.710. The third-order valence-corrected chi connectivity index (χ3v) is 4.17. The zero-order valence-electron chi connectivity index (χ0n) is 12.1. The van der Waals surface area contributed by atoms with E-state index in [0.717, 1.165) is 23.5 Å². The Bertz CT molecular complexity index is 718. The summed E-state index contributed by atoms with van der Waals surface area (Å²) in [4.78, 5) is 3.36. The standard InChI is InChI=1S/C18H19ClN2/c1-20-10-9-15(13-5-3-2-4-6-13)17-12-21-18-8-7-14(19)11-16(17)18/h2-8,11-12,15,20-21H,9-10H2,1H3. The van der Waals surface area contributed by atoms with Crippen LogP contribution in [0.25, 0.3) is 10.9 Å². The third-order valence-electron chi connectivity index (χ3n) is 3.94. The molecule has 1 atom stereocenters. The van der Waals surface area contributed by atoms with E-state index in [1.807, 2.05) is 19.2 Å². The van der Waals surface area contributed by atoms with Gasteiger partial charge in [-0.05, 0) is 49.3 Å². The maximum Gasteiger partial charge on any atom is 0.0458 e. The predicted octanol–water partition coefficient (Wildman–Crippen LogP) is 4.56. The van der Waals surface area contributed by atoms with Crippen molar-refractivity contribution in [3.05, 3.63) is 70.9 Å². The van der Waals surface area contributed by atoms with Crippen LogP contribution in [-0.2, 0) is 0 Å². The lowest BCUT2D eigenvalue weighted by Gasteiger charge is -2.17. The normalized spacial score (nSPS) is 12.7. The molecule has 0 radical (unpaired) electrons. The average Bonchev–Trinajstić information content (AvgIpc) is 2.92. The molecule has 3 heteroatoms. The van der Waals surface area contributed by atoms with Crippen LogP contribution in [0.15, 0.2) is 54.7 Å². The van der Waals surface area contributed by atoms with Gasteiger partial charge in [0.05, 0.1) is 0 Å². The first-order valence-corrected chi connectivity index (χ1v) is 7.63. The number of rotatable bonds is 5. The summed E-state index contributed by atoms with van der Waals surface area (Å²) < 4.78 is 0. The van der Waals surface area contributed by atoms with Gasteiger partial charge in [0.25, 0.3) is 0 Å². The molecular weight excluding hydrogens is 280 g/mol. The molecule has 0 spiro atoms. The number of aromatic nitrogens is 1. The molecular formula is C18H19ClN2. The average molecular weight is 299 g/mol. The molecule has 0 bridgehead atoms. The summed E-state index contributed by atoms with van der Waals surface area (Å²) in [6, 6.07) is 16.7. The highest BCUT2D eigenvalue weighted by Crippen LogP contribution is 2.34. The van der Waals surface area contributed by atoms with Gasteiger partial charge in [-0.15, -0.1) is 0 Å². The van der Waals surface area contributed by atoms with E-state index in [-0.39, 0.29) is 0 Å². The van der Waals surface area contributed by atoms with Gasteiger partial charge < -0.3 is 10.3 Å². The minimum Gasteiger partial charge on any atom is -0.361 e. The molecule has 1 unspecified atom stereocenters. The van der Waals surface area contributed by atoms with Crippen molar-refractivity contribution in [2.75, 3.05) is 13.6 Å². The molecule has 0 aliphatic heterocycles. The van der Waals surface area contributed by atoms with Crippen LogP contribution in [-0.4, -0.2) is 18.6 Å². The molecule has 0 fully saturated rings. The second-order valence-electron chi connectivity index (χ2n) is 5.29. The molecule has 3 rings (SSSR count). The smallest absolute Gasteiger partial charge is 0.0458 e. The van der Waals surface area contributed by atoms with E-state index in [4.69, 9.17) is 11.6 Å². The molecule has 21 heavy (non-hydrogen) atoms. The van der Waals surface area contributed by atoms with Crippen molar-refractivity contribution < 1.29 is 0 Å². The minimum absolute atomic E-state index is 0.367. The fourth-order valence-corrected chi connectivity index (χ4v) is 3.05. The second kappa shape index (κ2) is 6.33. The monoisotopic (exact) mass is 298 g/mol. The van der Waals surface area contributed by atoms with Crippen LogP contribution in [0.2, 0.25) is 5.02 Å². The first-order chi connectivity index (χ1) is 10.3. The number of benzene rings is 2. The van der Waals surface area contributed by atoms with Gasteiger partial charge in [0.15, 0.2) is 0 Å². The fraction of sp³-hybridized carbons (Fsp3) is 0.222. The number of aromatic amines is 1. The van der Waals surface area contributed by atoms with Crippen molar-refractivity contribution in [1.29, 1.82) is 0 Å². The van der Waals surface area contributed by atoms with Crippen molar-refractivity contribution in [2.24, 2.45) is 0 Å². The summed E-state index contributed by atoms with van der Waals surface area (Å²) in [5.74, 6) is 0.367. The minimum atomic E-state index is 0.367. The molecule has 2 N–H and O–H groups in total. The molecule has 108 valence electrons. The number of halogens is 1. The van der Waals surface area contributed by atoms with Crippen LogP contribution in [0.1, 0.15) is 23.5 Å². The van der Waals surface area contributed by atoms with Crippen molar-refractivity contribution in [3.8, 4) is 0 Å². The lowest BCUT2D eigenvalue weighted by Crippen LogP contribution is -2.13. The molecule has 1 aromatic heterocycles. The Labute approximate surface area is 130 Å². The summed E-state index contributed by atoms with van der Waals surface area (Å²) >= 11 is 6.18. The van der Waals surface area contributed by atoms with Crippen LogP contribution < -0.4 is 5.32 Å².